The Bertz CT molecular complexity index is 2900. The first-order valence-electron chi connectivity index (χ1n) is 19.1. The van der Waals surface area contributed by atoms with Crippen molar-refractivity contribution in [3.63, 3.8) is 0 Å². The largest absolute Gasteiger partial charge is 0.309 e. The quantitative estimate of drug-likeness (QED) is 0.150. The average Bonchev–Trinajstić information content (AvgIpc) is 3.67. The molecule has 10 rings (SSSR count). The maximum Gasteiger partial charge on any atom is 0.0646 e. The van der Waals surface area contributed by atoms with E-state index in [0.717, 1.165) is 11.4 Å². The molecule has 0 aliphatic carbocycles. The highest BCUT2D eigenvalue weighted by Gasteiger charge is 2.20. The van der Waals surface area contributed by atoms with Gasteiger partial charge in [-0.05, 0) is 98.1 Å². The number of hydrogen-bond donors (Lipinski definition) is 0. The fourth-order valence-electron chi connectivity index (χ4n) is 7.78. The lowest BCUT2D eigenvalue weighted by molar-refractivity contribution is 1.30. The van der Waals surface area contributed by atoms with Crippen LogP contribution < -0.4 is 4.90 Å². The minimum atomic E-state index is 1.12. The first-order valence-corrected chi connectivity index (χ1v) is 19.9. The monoisotopic (exact) mass is 731 g/mol. The molecule has 0 fully saturated rings. The van der Waals surface area contributed by atoms with E-state index in [4.69, 9.17) is 0 Å². The molecule has 0 unspecified atom stereocenters. The van der Waals surface area contributed by atoms with Crippen molar-refractivity contribution in [1.29, 1.82) is 0 Å². The van der Waals surface area contributed by atoms with E-state index in [9.17, 15) is 0 Å². The van der Waals surface area contributed by atoms with Crippen LogP contribution in [0.2, 0.25) is 0 Å². The van der Waals surface area contributed by atoms with Crippen LogP contribution in [-0.4, -0.2) is 0 Å². The van der Waals surface area contributed by atoms with Crippen LogP contribution in [0.4, 0.5) is 17.1 Å². The van der Waals surface area contributed by atoms with Gasteiger partial charge in [0, 0.05) is 26.8 Å². The van der Waals surface area contributed by atoms with Gasteiger partial charge in [0.1, 0.15) is 0 Å². The molecule has 0 bridgehead atoms. The molecule has 0 aliphatic heterocycles. The summed E-state index contributed by atoms with van der Waals surface area (Å²) in [5.41, 5.74) is 15.5. The van der Waals surface area contributed by atoms with Crippen LogP contribution in [0.15, 0.2) is 224 Å². The third-order valence-electron chi connectivity index (χ3n) is 10.7. The lowest BCUT2D eigenvalue weighted by Gasteiger charge is -2.27. The van der Waals surface area contributed by atoms with Crippen molar-refractivity contribution in [3.8, 4) is 55.6 Å². The topological polar surface area (TPSA) is 3.24 Å². The Labute approximate surface area is 332 Å². The summed E-state index contributed by atoms with van der Waals surface area (Å²) in [7, 11) is 0. The van der Waals surface area contributed by atoms with E-state index < -0.39 is 0 Å². The van der Waals surface area contributed by atoms with Gasteiger partial charge in [-0.2, -0.15) is 0 Å². The Hall–Kier alpha value is -7.00. The molecule has 0 saturated carbocycles. The molecule has 0 N–H and O–H groups in total. The molecule has 0 aliphatic rings. The molecule has 0 atom stereocenters. The molecule has 10 aromatic rings. The molecule has 1 heterocycles. The zero-order valence-electron chi connectivity index (χ0n) is 30.7. The fraction of sp³-hybridized carbons (Fsp3) is 0. The number of benzene rings is 9. The van der Waals surface area contributed by atoms with Gasteiger partial charge in [0.05, 0.1) is 10.4 Å². The molecular formula is C54H37NS. The number of nitrogens with zero attached hydrogens (tertiary/aromatic N) is 1. The van der Waals surface area contributed by atoms with Crippen LogP contribution >= 0.6 is 11.3 Å². The lowest BCUT2D eigenvalue weighted by Crippen LogP contribution is -2.10. The van der Waals surface area contributed by atoms with Gasteiger partial charge < -0.3 is 4.90 Å². The third-order valence-corrected chi connectivity index (χ3v) is 11.9. The van der Waals surface area contributed by atoms with Gasteiger partial charge in [-0.15, -0.1) is 11.3 Å². The molecule has 2 heteroatoms. The first-order chi connectivity index (χ1) is 27.7. The maximum atomic E-state index is 2.42. The molecular weight excluding hydrogens is 695 g/mol. The van der Waals surface area contributed by atoms with E-state index in [2.05, 4.69) is 229 Å². The summed E-state index contributed by atoms with van der Waals surface area (Å²) in [6.07, 6.45) is 0. The van der Waals surface area contributed by atoms with Crippen LogP contribution in [0.1, 0.15) is 0 Å². The highest BCUT2D eigenvalue weighted by Crippen LogP contribution is 2.47. The van der Waals surface area contributed by atoms with Crippen LogP contribution in [0.3, 0.4) is 0 Å². The number of anilines is 3. The molecule has 1 nitrogen and oxygen atoms in total. The molecule has 264 valence electrons. The lowest BCUT2D eigenvalue weighted by atomic mass is 9.97. The Balaban J connectivity index is 1.02. The van der Waals surface area contributed by atoms with Gasteiger partial charge in [0.15, 0.2) is 0 Å². The predicted molar refractivity (Wildman–Crippen MR) is 241 cm³/mol. The average molecular weight is 732 g/mol. The predicted octanol–water partition coefficient (Wildman–Crippen LogP) is 15.9. The number of thiophene rings is 1. The number of para-hydroxylation sites is 1. The first kappa shape index (κ1) is 33.6. The maximum absolute atomic E-state index is 2.42. The van der Waals surface area contributed by atoms with Crippen LogP contribution in [-0.2, 0) is 0 Å². The summed E-state index contributed by atoms with van der Waals surface area (Å²) >= 11 is 1.87. The van der Waals surface area contributed by atoms with E-state index in [1.165, 1.54) is 81.5 Å². The number of fused-ring (bicyclic) bond motifs is 3. The Kier molecular flexibility index (Phi) is 8.79. The van der Waals surface area contributed by atoms with Crippen molar-refractivity contribution in [2.45, 2.75) is 0 Å². The summed E-state index contributed by atoms with van der Waals surface area (Å²) in [6, 6.07) is 81.2. The van der Waals surface area contributed by atoms with Gasteiger partial charge >= 0.3 is 0 Å². The molecule has 56 heavy (non-hydrogen) atoms. The third kappa shape index (κ3) is 6.47. The Morgan fingerprint density at radius 2 is 0.625 bits per heavy atom. The summed E-state index contributed by atoms with van der Waals surface area (Å²) < 4.78 is 2.57. The summed E-state index contributed by atoms with van der Waals surface area (Å²) in [4.78, 5) is 2.42. The van der Waals surface area contributed by atoms with Crippen LogP contribution in [0.5, 0.6) is 0 Å². The van der Waals surface area contributed by atoms with E-state index in [1.54, 1.807) is 0 Å². The van der Waals surface area contributed by atoms with E-state index in [0.29, 0.717) is 0 Å². The zero-order valence-corrected chi connectivity index (χ0v) is 31.5. The van der Waals surface area contributed by atoms with Gasteiger partial charge in [-0.25, -0.2) is 0 Å². The molecule has 0 radical (unpaired) electrons. The fourth-order valence-corrected chi connectivity index (χ4v) is 8.96. The van der Waals surface area contributed by atoms with Gasteiger partial charge in [0.2, 0.25) is 0 Å². The van der Waals surface area contributed by atoms with Crippen molar-refractivity contribution >= 4 is 48.6 Å². The number of rotatable bonds is 8. The molecule has 0 spiro atoms. The van der Waals surface area contributed by atoms with Gasteiger partial charge in [-0.3, -0.25) is 0 Å². The van der Waals surface area contributed by atoms with E-state index in [1.807, 2.05) is 11.3 Å². The van der Waals surface area contributed by atoms with Crippen molar-refractivity contribution in [1.82, 2.24) is 0 Å². The Morgan fingerprint density at radius 3 is 1.11 bits per heavy atom. The second kappa shape index (κ2) is 14.7. The second-order valence-electron chi connectivity index (χ2n) is 14.2. The summed E-state index contributed by atoms with van der Waals surface area (Å²) in [6.45, 7) is 0. The van der Waals surface area contributed by atoms with Crippen LogP contribution in [0, 0.1) is 0 Å². The van der Waals surface area contributed by atoms with Crippen molar-refractivity contribution in [3.05, 3.63) is 224 Å². The van der Waals surface area contributed by atoms with E-state index in [-0.39, 0.29) is 0 Å². The molecule has 1 aromatic heterocycles. The zero-order chi connectivity index (χ0) is 37.3. The molecule has 0 amide bonds. The van der Waals surface area contributed by atoms with Crippen molar-refractivity contribution in [2.24, 2.45) is 0 Å². The van der Waals surface area contributed by atoms with Crippen LogP contribution in [0.25, 0.3) is 75.8 Å². The normalized spacial score (nSPS) is 11.2. The van der Waals surface area contributed by atoms with Crippen molar-refractivity contribution < 1.29 is 0 Å². The second-order valence-corrected chi connectivity index (χ2v) is 15.2. The van der Waals surface area contributed by atoms with Gasteiger partial charge in [0.25, 0.3) is 0 Å². The Morgan fingerprint density at radius 1 is 0.268 bits per heavy atom. The molecule has 0 saturated heterocycles. The number of hydrogen-bond acceptors (Lipinski definition) is 2. The smallest absolute Gasteiger partial charge is 0.0646 e. The standard InChI is InChI=1S/C54H37NS/c1-4-12-38(13-5-1)40-20-22-42(23-21-40)43-24-26-44(27-25-43)45-32-34-49(35-33-45)55(48-16-8-3-9-17-48)52-37-47(36-51-50-18-10-11-19-53(50)56-54(51)52)46-30-28-41(29-31-46)39-14-6-2-7-15-39/h1-37H. The highest BCUT2D eigenvalue weighted by atomic mass is 32.1. The summed E-state index contributed by atoms with van der Waals surface area (Å²) in [5.74, 6) is 0. The minimum Gasteiger partial charge on any atom is -0.309 e. The summed E-state index contributed by atoms with van der Waals surface area (Å²) in [5, 5.41) is 2.56. The minimum absolute atomic E-state index is 1.12. The molecule has 9 aromatic carbocycles. The highest BCUT2D eigenvalue weighted by molar-refractivity contribution is 7.26. The van der Waals surface area contributed by atoms with Gasteiger partial charge in [-0.1, -0.05) is 182 Å². The van der Waals surface area contributed by atoms with Crippen molar-refractivity contribution in [2.75, 3.05) is 4.90 Å². The van der Waals surface area contributed by atoms with E-state index >= 15 is 0 Å². The SMILES string of the molecule is c1ccc(-c2ccc(-c3ccc(-c4ccc(N(c5ccccc5)c5cc(-c6ccc(-c7ccccc7)cc6)cc6c5sc5ccccc56)cc4)cc3)cc2)cc1.